The first kappa shape index (κ1) is 20.7. The number of ether oxygens (including phenoxy) is 4. The van der Waals surface area contributed by atoms with E-state index in [1.807, 2.05) is 6.07 Å². The van der Waals surface area contributed by atoms with E-state index in [1.54, 1.807) is 32.4 Å². The van der Waals surface area contributed by atoms with E-state index >= 15 is 0 Å². The van der Waals surface area contributed by atoms with Gasteiger partial charge in [-0.3, -0.25) is 0 Å². The molecule has 32 heavy (non-hydrogen) atoms. The van der Waals surface area contributed by atoms with E-state index in [1.165, 1.54) is 19.5 Å². The summed E-state index contributed by atoms with van der Waals surface area (Å²) in [5.74, 6) is -0.771. The van der Waals surface area contributed by atoms with Crippen molar-refractivity contribution < 1.29 is 28.1 Å². The Labute approximate surface area is 184 Å². The minimum Gasteiger partial charge on any atom is -0.465 e. The van der Waals surface area contributed by atoms with Crippen LogP contribution in [0.4, 0.5) is 10.1 Å². The second-order valence-corrected chi connectivity index (χ2v) is 8.51. The number of methoxy groups -OCH3 is 3. The summed E-state index contributed by atoms with van der Waals surface area (Å²) in [6.07, 6.45) is 4.42. The molecular weight excluding hydrogens is 417 g/mol. The van der Waals surface area contributed by atoms with Gasteiger partial charge in [-0.25, -0.2) is 14.2 Å². The van der Waals surface area contributed by atoms with Crippen LogP contribution in [0.1, 0.15) is 23.2 Å². The van der Waals surface area contributed by atoms with E-state index in [0.29, 0.717) is 22.5 Å². The van der Waals surface area contributed by atoms with Gasteiger partial charge in [-0.05, 0) is 18.2 Å². The maximum Gasteiger partial charge on any atom is 0.341 e. The van der Waals surface area contributed by atoms with E-state index in [0.717, 1.165) is 31.6 Å². The van der Waals surface area contributed by atoms with Gasteiger partial charge in [-0.2, -0.15) is 0 Å². The Morgan fingerprint density at radius 3 is 2.59 bits per heavy atom. The van der Waals surface area contributed by atoms with Crippen molar-refractivity contribution in [3.8, 4) is 11.5 Å². The van der Waals surface area contributed by atoms with Gasteiger partial charge in [0.1, 0.15) is 28.5 Å². The Hall–Kier alpha value is -3.17. The quantitative estimate of drug-likeness (QED) is 0.459. The third-order valence-corrected chi connectivity index (χ3v) is 6.50. The van der Waals surface area contributed by atoms with Gasteiger partial charge in [0.05, 0.1) is 18.7 Å². The van der Waals surface area contributed by atoms with Crippen molar-refractivity contribution in [2.75, 3.05) is 39.3 Å². The molecule has 3 aromatic rings. The van der Waals surface area contributed by atoms with Crippen molar-refractivity contribution >= 4 is 22.7 Å². The third kappa shape index (κ3) is 3.28. The highest BCUT2D eigenvalue weighted by Gasteiger charge is 2.61. The van der Waals surface area contributed by atoms with E-state index in [-0.39, 0.29) is 11.0 Å². The molecule has 2 aliphatic rings. The second-order valence-electron chi connectivity index (χ2n) is 8.51. The van der Waals surface area contributed by atoms with Crippen LogP contribution in [0.2, 0.25) is 0 Å². The molecule has 2 fully saturated rings. The lowest BCUT2D eigenvalue weighted by atomic mass is 9.59. The molecule has 1 aliphatic carbocycles. The van der Waals surface area contributed by atoms with Crippen molar-refractivity contribution in [2.45, 2.75) is 18.6 Å². The summed E-state index contributed by atoms with van der Waals surface area (Å²) >= 11 is 0. The minimum absolute atomic E-state index is 0.175. The summed E-state index contributed by atoms with van der Waals surface area (Å²) < 4.78 is 35.9. The smallest absolute Gasteiger partial charge is 0.341 e. The number of hydrogen-bond donors (Lipinski definition) is 1. The largest absolute Gasteiger partial charge is 0.465 e. The van der Waals surface area contributed by atoms with E-state index in [2.05, 4.69) is 14.9 Å². The summed E-state index contributed by atoms with van der Waals surface area (Å²) in [4.78, 5) is 21.4. The Morgan fingerprint density at radius 2 is 1.91 bits per heavy atom. The number of esters is 1. The van der Waals surface area contributed by atoms with Crippen molar-refractivity contribution in [3.63, 3.8) is 0 Å². The topological polar surface area (TPSA) is 85.9 Å². The Morgan fingerprint density at radius 1 is 1.16 bits per heavy atom. The molecular formula is C23H24FN3O5. The monoisotopic (exact) mass is 441 g/mol. The molecule has 0 bridgehead atoms. The molecule has 0 atom stereocenters. The third-order valence-electron chi connectivity index (χ3n) is 6.50. The van der Waals surface area contributed by atoms with Crippen molar-refractivity contribution in [2.24, 2.45) is 5.41 Å². The van der Waals surface area contributed by atoms with Crippen LogP contribution in [0, 0.1) is 11.2 Å². The molecule has 1 aliphatic heterocycles. The zero-order valence-corrected chi connectivity index (χ0v) is 18.1. The number of carbonyl (C=O) groups excluding carboxylic acids is 1. The summed E-state index contributed by atoms with van der Waals surface area (Å²) in [6, 6.07) is 6.90. The van der Waals surface area contributed by atoms with E-state index in [9.17, 15) is 9.18 Å². The molecule has 1 N–H and O–H groups in total. The molecule has 1 aromatic carbocycles. The van der Waals surface area contributed by atoms with Crippen molar-refractivity contribution in [1.29, 1.82) is 0 Å². The molecule has 0 radical (unpaired) electrons. The predicted octanol–water partition coefficient (Wildman–Crippen LogP) is 3.87. The zero-order chi connectivity index (χ0) is 22.5. The summed E-state index contributed by atoms with van der Waals surface area (Å²) in [5, 5.41) is 0.313. The first-order chi connectivity index (χ1) is 15.4. The van der Waals surface area contributed by atoms with Crippen LogP contribution in [0.5, 0.6) is 11.5 Å². The number of rotatable bonds is 6. The fourth-order valence-electron chi connectivity index (χ4n) is 4.84. The lowest BCUT2D eigenvalue weighted by molar-refractivity contribution is -0.301. The van der Waals surface area contributed by atoms with Crippen LogP contribution in [0.15, 0.2) is 36.7 Å². The van der Waals surface area contributed by atoms with Crippen LogP contribution in [-0.4, -0.2) is 56.1 Å². The van der Waals surface area contributed by atoms with Gasteiger partial charge in [0.2, 0.25) is 0 Å². The molecule has 168 valence electrons. The highest BCUT2D eigenvalue weighted by atomic mass is 19.1. The number of pyridine rings is 1. The van der Waals surface area contributed by atoms with Gasteiger partial charge < -0.3 is 28.8 Å². The van der Waals surface area contributed by atoms with E-state index in [4.69, 9.17) is 18.9 Å². The maximum absolute atomic E-state index is 13.9. The highest BCUT2D eigenvalue weighted by molar-refractivity contribution is 5.93. The van der Waals surface area contributed by atoms with Crippen LogP contribution in [0.25, 0.3) is 11.0 Å². The number of halogens is 1. The molecule has 1 spiro atoms. The van der Waals surface area contributed by atoms with E-state index < -0.39 is 17.6 Å². The number of aromatic nitrogens is 2. The maximum atomic E-state index is 13.9. The lowest BCUT2D eigenvalue weighted by Gasteiger charge is -2.63. The number of hydrogen-bond acceptors (Lipinski definition) is 7. The number of nitrogens with zero attached hydrogens (tertiary/aromatic N) is 2. The Kier molecular flexibility index (Phi) is 4.83. The number of H-pyrrole nitrogens is 1. The molecule has 8 nitrogen and oxygen atoms in total. The first-order valence-corrected chi connectivity index (χ1v) is 10.3. The van der Waals surface area contributed by atoms with Crippen LogP contribution >= 0.6 is 0 Å². The van der Waals surface area contributed by atoms with Gasteiger partial charge >= 0.3 is 5.97 Å². The summed E-state index contributed by atoms with van der Waals surface area (Å²) in [5.41, 5.74) is 1.80. The SMILES string of the molecule is COC(=O)c1ccc(N2CC3(C2)CC(OC)(OC)C3)cc1Oc1cnc2[nH]cc(F)c2c1. The molecule has 9 heteroatoms. The Bertz CT molecular complexity index is 1170. The highest BCUT2D eigenvalue weighted by Crippen LogP contribution is 2.56. The number of aromatic amines is 1. The van der Waals surface area contributed by atoms with Crippen LogP contribution in [-0.2, 0) is 14.2 Å². The molecule has 0 unspecified atom stereocenters. The van der Waals surface area contributed by atoms with Gasteiger partial charge in [0.15, 0.2) is 5.79 Å². The fourth-order valence-corrected chi connectivity index (χ4v) is 4.84. The number of fused-ring (bicyclic) bond motifs is 1. The summed E-state index contributed by atoms with van der Waals surface area (Å²) in [6.45, 7) is 1.72. The fraction of sp³-hybridized carbons (Fsp3) is 0.391. The van der Waals surface area contributed by atoms with Gasteiger partial charge in [-0.1, -0.05) is 0 Å². The molecule has 0 amide bonds. The van der Waals surface area contributed by atoms with Crippen molar-refractivity contribution in [1.82, 2.24) is 9.97 Å². The van der Waals surface area contributed by atoms with Gasteiger partial charge in [-0.15, -0.1) is 0 Å². The first-order valence-electron chi connectivity index (χ1n) is 10.3. The zero-order valence-electron chi connectivity index (χ0n) is 18.1. The predicted molar refractivity (Wildman–Crippen MR) is 115 cm³/mol. The van der Waals surface area contributed by atoms with Crippen LogP contribution in [0.3, 0.4) is 0 Å². The lowest BCUT2D eigenvalue weighted by Crippen LogP contribution is -2.69. The molecule has 2 aromatic heterocycles. The van der Waals surface area contributed by atoms with Crippen molar-refractivity contribution in [3.05, 3.63) is 48.0 Å². The molecule has 1 saturated carbocycles. The molecule has 1 saturated heterocycles. The average molecular weight is 441 g/mol. The minimum atomic E-state index is -0.516. The summed E-state index contributed by atoms with van der Waals surface area (Å²) in [7, 11) is 4.66. The Balaban J connectivity index is 1.38. The molecule has 5 rings (SSSR count). The standard InChI is InChI=1S/C23H24FN3O5/c1-29-21(28)16-5-4-14(27-12-22(13-27)10-23(11-22,30-2)31-3)6-19(16)32-15-7-17-18(24)9-26-20(17)25-8-15/h4-9H,10-13H2,1-3H3,(H,25,26). The number of benzene rings is 1. The number of anilines is 1. The average Bonchev–Trinajstić information content (AvgIpc) is 3.12. The van der Waals surface area contributed by atoms with Gasteiger partial charge in [0, 0.05) is 63.5 Å². The van der Waals surface area contributed by atoms with Gasteiger partial charge in [0.25, 0.3) is 0 Å². The second kappa shape index (κ2) is 7.46. The molecule has 3 heterocycles. The number of nitrogens with one attached hydrogen (secondary N) is 1. The van der Waals surface area contributed by atoms with Crippen LogP contribution < -0.4 is 9.64 Å². The normalized spacial score (nSPS) is 18.3. The number of carbonyl (C=O) groups is 1.